The smallest absolute Gasteiger partial charge is 0.338 e. The number of halogens is 2. The molecule has 1 atom stereocenters. The Kier molecular flexibility index (Phi) is 8.10. The Morgan fingerprint density at radius 1 is 1.12 bits per heavy atom. The number of methoxy groups -OCH3 is 1. The van der Waals surface area contributed by atoms with Crippen molar-refractivity contribution in [1.29, 1.82) is 0 Å². The number of carbonyl (C=O) groups excluding carboxylic acids is 2. The molecule has 9 heteroatoms. The van der Waals surface area contributed by atoms with E-state index in [4.69, 9.17) is 37.4 Å². The molecule has 0 spiro atoms. The number of rotatable bonds is 8. The minimum Gasteiger partial charge on any atom is -0.493 e. The number of carbonyl (C=O) groups is 2. The fourth-order valence-corrected chi connectivity index (χ4v) is 3.84. The molecular weight excluding hydrogens is 467 g/mol. The zero-order valence-corrected chi connectivity index (χ0v) is 20.3. The number of hydrogen-bond donors (Lipinski definition) is 2. The number of benzene rings is 2. The van der Waals surface area contributed by atoms with Gasteiger partial charge in [0, 0.05) is 21.3 Å². The monoisotopic (exact) mass is 492 g/mol. The van der Waals surface area contributed by atoms with E-state index in [9.17, 15) is 9.59 Å². The van der Waals surface area contributed by atoms with E-state index in [1.807, 2.05) is 13.8 Å². The third kappa shape index (κ3) is 5.92. The molecule has 0 bridgehead atoms. The third-order valence-electron chi connectivity index (χ3n) is 4.99. The quantitative estimate of drug-likeness (QED) is 0.481. The summed E-state index contributed by atoms with van der Waals surface area (Å²) in [5.41, 5.74) is 2.06. The number of allylic oxidation sites excluding steroid dienone is 1. The van der Waals surface area contributed by atoms with Crippen LogP contribution in [0.25, 0.3) is 0 Å². The molecule has 0 saturated carbocycles. The summed E-state index contributed by atoms with van der Waals surface area (Å²) in [6.45, 7) is 5.99. The summed E-state index contributed by atoms with van der Waals surface area (Å²) in [4.78, 5) is 24.9. The molecular formula is C24H26Cl2N2O5. The molecule has 0 fully saturated rings. The normalized spacial score (nSPS) is 15.7. The Morgan fingerprint density at radius 2 is 1.82 bits per heavy atom. The van der Waals surface area contributed by atoms with Crippen LogP contribution in [0.15, 0.2) is 47.7 Å². The summed E-state index contributed by atoms with van der Waals surface area (Å²) < 4.78 is 16.8. The average Bonchev–Trinajstić information content (AvgIpc) is 2.76. The Balaban J connectivity index is 1.88. The van der Waals surface area contributed by atoms with E-state index in [1.54, 1.807) is 43.3 Å². The van der Waals surface area contributed by atoms with Crippen molar-refractivity contribution in [2.24, 2.45) is 5.92 Å². The number of amides is 2. The maximum Gasteiger partial charge on any atom is 0.338 e. The van der Waals surface area contributed by atoms with E-state index in [1.165, 1.54) is 7.11 Å². The zero-order valence-electron chi connectivity index (χ0n) is 18.8. The van der Waals surface area contributed by atoms with Crippen LogP contribution in [-0.2, 0) is 16.1 Å². The number of esters is 1. The second-order valence-corrected chi connectivity index (χ2v) is 8.78. The van der Waals surface area contributed by atoms with Crippen LogP contribution in [0.4, 0.5) is 4.79 Å². The molecule has 7 nitrogen and oxygen atoms in total. The number of ether oxygens (including phenoxy) is 3. The van der Waals surface area contributed by atoms with E-state index in [0.717, 1.165) is 0 Å². The Morgan fingerprint density at radius 3 is 2.45 bits per heavy atom. The van der Waals surface area contributed by atoms with Crippen LogP contribution in [0.2, 0.25) is 10.0 Å². The molecule has 3 rings (SSSR count). The van der Waals surface area contributed by atoms with Crippen LogP contribution in [0.5, 0.6) is 11.5 Å². The summed E-state index contributed by atoms with van der Waals surface area (Å²) in [5, 5.41) is 6.42. The Hall–Kier alpha value is -2.90. The first kappa shape index (κ1) is 24.7. The molecule has 1 unspecified atom stereocenters. The van der Waals surface area contributed by atoms with E-state index in [-0.39, 0.29) is 19.1 Å². The van der Waals surface area contributed by atoms with Crippen molar-refractivity contribution in [3.63, 3.8) is 0 Å². The highest BCUT2D eigenvalue weighted by atomic mass is 35.5. The molecule has 2 amide bonds. The first-order valence-corrected chi connectivity index (χ1v) is 11.2. The lowest BCUT2D eigenvalue weighted by atomic mass is 9.95. The third-order valence-corrected chi connectivity index (χ3v) is 5.70. The highest BCUT2D eigenvalue weighted by Crippen LogP contribution is 2.36. The van der Waals surface area contributed by atoms with Crippen molar-refractivity contribution in [2.75, 3.05) is 13.7 Å². The molecule has 0 aliphatic carbocycles. The number of hydrogen-bond acceptors (Lipinski definition) is 5. The second-order valence-electron chi connectivity index (χ2n) is 7.96. The average molecular weight is 493 g/mol. The van der Waals surface area contributed by atoms with Crippen molar-refractivity contribution < 1.29 is 23.8 Å². The van der Waals surface area contributed by atoms with Crippen LogP contribution in [0, 0.1) is 5.92 Å². The molecule has 1 heterocycles. The minimum absolute atomic E-state index is 0.143. The van der Waals surface area contributed by atoms with Gasteiger partial charge in [0.15, 0.2) is 11.5 Å². The van der Waals surface area contributed by atoms with Gasteiger partial charge >= 0.3 is 12.0 Å². The standard InChI is InChI=1S/C24H26Cl2N2O5/c1-13(2)11-33-23(29)21-14(3)27-24(30)28-22(21)15-8-9-19(20(10-15)31-4)32-12-16-17(25)6-5-7-18(16)26/h5-10,13,22H,11-12H2,1-4H3,(H2,27,28,30). The fraction of sp³-hybridized carbons (Fsp3) is 0.333. The molecule has 2 N–H and O–H groups in total. The van der Waals surface area contributed by atoms with Crippen LogP contribution in [0.3, 0.4) is 0 Å². The SMILES string of the molecule is COc1cc(C2NC(=O)NC(C)=C2C(=O)OCC(C)C)ccc1OCc1c(Cl)cccc1Cl. The van der Waals surface area contributed by atoms with Crippen LogP contribution in [0.1, 0.15) is 37.9 Å². The highest BCUT2D eigenvalue weighted by molar-refractivity contribution is 6.35. The van der Waals surface area contributed by atoms with Crippen molar-refractivity contribution in [3.8, 4) is 11.5 Å². The predicted octanol–water partition coefficient (Wildman–Crippen LogP) is 5.41. The number of nitrogens with one attached hydrogen (secondary N) is 2. The van der Waals surface area contributed by atoms with Gasteiger partial charge in [0.25, 0.3) is 0 Å². The maximum atomic E-state index is 12.8. The molecule has 0 saturated heterocycles. The van der Waals surface area contributed by atoms with Crippen LogP contribution >= 0.6 is 23.2 Å². The Bertz CT molecular complexity index is 1060. The van der Waals surface area contributed by atoms with Gasteiger partial charge in [0.05, 0.1) is 25.3 Å². The summed E-state index contributed by atoms with van der Waals surface area (Å²) in [5.74, 6) is 0.576. The topological polar surface area (TPSA) is 85.9 Å². The molecule has 2 aromatic rings. The second kappa shape index (κ2) is 10.8. The van der Waals surface area contributed by atoms with Gasteiger partial charge in [-0.2, -0.15) is 0 Å². The van der Waals surface area contributed by atoms with Gasteiger partial charge in [-0.25, -0.2) is 9.59 Å². The van der Waals surface area contributed by atoms with Crippen molar-refractivity contribution >= 4 is 35.2 Å². The van der Waals surface area contributed by atoms with E-state index >= 15 is 0 Å². The van der Waals surface area contributed by atoms with Crippen LogP contribution < -0.4 is 20.1 Å². The lowest BCUT2D eigenvalue weighted by Gasteiger charge is -2.28. The summed E-state index contributed by atoms with van der Waals surface area (Å²) in [6.07, 6.45) is 0. The van der Waals surface area contributed by atoms with Gasteiger partial charge < -0.3 is 24.8 Å². The summed E-state index contributed by atoms with van der Waals surface area (Å²) in [6, 6.07) is 9.29. The Labute approximate surface area is 203 Å². The molecule has 1 aliphatic rings. The molecule has 33 heavy (non-hydrogen) atoms. The van der Waals surface area contributed by atoms with Gasteiger partial charge in [0.1, 0.15) is 6.61 Å². The first-order valence-electron chi connectivity index (χ1n) is 10.4. The summed E-state index contributed by atoms with van der Waals surface area (Å²) >= 11 is 12.4. The fourth-order valence-electron chi connectivity index (χ4n) is 3.34. The van der Waals surface area contributed by atoms with E-state index in [0.29, 0.717) is 43.9 Å². The molecule has 0 radical (unpaired) electrons. The van der Waals surface area contributed by atoms with Gasteiger partial charge in [-0.15, -0.1) is 0 Å². The lowest BCUT2D eigenvalue weighted by Crippen LogP contribution is -2.45. The van der Waals surface area contributed by atoms with Crippen LogP contribution in [-0.4, -0.2) is 25.7 Å². The largest absolute Gasteiger partial charge is 0.493 e. The van der Waals surface area contributed by atoms with Crippen molar-refractivity contribution in [1.82, 2.24) is 10.6 Å². The zero-order chi connectivity index (χ0) is 24.1. The lowest BCUT2D eigenvalue weighted by molar-refractivity contribution is -0.140. The molecule has 1 aliphatic heterocycles. The van der Waals surface area contributed by atoms with Gasteiger partial charge in [-0.1, -0.05) is 49.2 Å². The van der Waals surface area contributed by atoms with E-state index < -0.39 is 18.0 Å². The van der Waals surface area contributed by atoms with Crippen molar-refractivity contribution in [2.45, 2.75) is 33.4 Å². The number of urea groups is 1. The molecule has 0 aromatic heterocycles. The molecule has 176 valence electrons. The first-order chi connectivity index (χ1) is 15.7. The highest BCUT2D eigenvalue weighted by Gasteiger charge is 2.33. The predicted molar refractivity (Wildman–Crippen MR) is 127 cm³/mol. The summed E-state index contributed by atoms with van der Waals surface area (Å²) in [7, 11) is 1.51. The minimum atomic E-state index is -0.709. The van der Waals surface area contributed by atoms with Gasteiger partial charge in [0.2, 0.25) is 0 Å². The van der Waals surface area contributed by atoms with Gasteiger partial charge in [-0.3, -0.25) is 0 Å². The van der Waals surface area contributed by atoms with E-state index in [2.05, 4.69) is 10.6 Å². The molecule has 2 aromatic carbocycles. The van der Waals surface area contributed by atoms with Gasteiger partial charge in [-0.05, 0) is 42.7 Å². The van der Waals surface area contributed by atoms with Crippen molar-refractivity contribution in [3.05, 3.63) is 68.8 Å². The maximum absolute atomic E-state index is 12.8.